The van der Waals surface area contributed by atoms with Crippen molar-refractivity contribution in [3.8, 4) is 23.0 Å². The molecule has 0 aliphatic carbocycles. The molecule has 2 heterocycles. The van der Waals surface area contributed by atoms with Crippen LogP contribution in [0.2, 0.25) is 0 Å². The number of ether oxygens (including phenoxy) is 1. The van der Waals surface area contributed by atoms with Gasteiger partial charge in [0.25, 0.3) is 0 Å². The highest BCUT2D eigenvalue weighted by Gasteiger charge is 2.37. The van der Waals surface area contributed by atoms with Crippen LogP contribution in [0, 0.1) is 12.8 Å². The van der Waals surface area contributed by atoms with Gasteiger partial charge in [0.15, 0.2) is 5.78 Å². The number of phenols is 2. The van der Waals surface area contributed by atoms with E-state index in [9.17, 15) is 24.9 Å². The van der Waals surface area contributed by atoms with E-state index >= 15 is 0 Å². The second-order valence-electron chi connectivity index (χ2n) is 8.48. The molecule has 2 atom stereocenters. The first kappa shape index (κ1) is 23.4. The molecule has 1 aliphatic heterocycles. The van der Waals surface area contributed by atoms with Crippen LogP contribution >= 0.6 is 0 Å². The number of phenolic OH excluding ortho intramolecular Hbond substituents is 2. The Kier molecular flexibility index (Phi) is 6.39. The second kappa shape index (κ2) is 8.73. The summed E-state index contributed by atoms with van der Waals surface area (Å²) in [5.74, 6) is -1.16. The van der Waals surface area contributed by atoms with E-state index in [2.05, 4.69) is 6.58 Å². The molecule has 2 unspecified atom stereocenters. The minimum absolute atomic E-state index is 0.0170. The van der Waals surface area contributed by atoms with Crippen molar-refractivity contribution in [1.82, 2.24) is 0 Å². The molecule has 3 N–H and O–H groups in total. The largest absolute Gasteiger partial charge is 0.507 e. The number of hydrogen-bond acceptors (Lipinski definition) is 7. The molecule has 7 nitrogen and oxygen atoms in total. The van der Waals surface area contributed by atoms with E-state index < -0.39 is 17.5 Å². The Morgan fingerprint density at radius 2 is 1.81 bits per heavy atom. The molecule has 0 saturated heterocycles. The molecule has 7 heteroatoms. The summed E-state index contributed by atoms with van der Waals surface area (Å²) in [6, 6.07) is 0. The lowest BCUT2D eigenvalue weighted by Gasteiger charge is -2.18. The number of carbonyl (C=O) groups excluding carboxylic acids is 1. The summed E-state index contributed by atoms with van der Waals surface area (Å²) in [4.78, 5) is 25.7. The highest BCUT2D eigenvalue weighted by molar-refractivity contribution is 6.04. The molecular weight excluding hydrogens is 412 g/mol. The summed E-state index contributed by atoms with van der Waals surface area (Å²) in [6.07, 6.45) is 0.507. The minimum Gasteiger partial charge on any atom is -0.507 e. The molecule has 0 saturated carbocycles. The Hall–Kier alpha value is -3.22. The molecule has 2 aromatic rings. The van der Waals surface area contributed by atoms with Gasteiger partial charge in [0.2, 0.25) is 0 Å². The van der Waals surface area contributed by atoms with Crippen LogP contribution in [-0.4, -0.2) is 27.2 Å². The van der Waals surface area contributed by atoms with Crippen LogP contribution in [0.25, 0.3) is 0 Å². The van der Waals surface area contributed by atoms with Crippen molar-refractivity contribution in [2.24, 2.45) is 5.92 Å². The van der Waals surface area contributed by atoms with Crippen LogP contribution in [0.1, 0.15) is 72.5 Å². The van der Waals surface area contributed by atoms with Gasteiger partial charge in [0.05, 0.1) is 5.56 Å². The Bertz CT molecular complexity index is 1160. The van der Waals surface area contributed by atoms with Gasteiger partial charge in [0, 0.05) is 41.9 Å². The predicted octanol–water partition coefficient (Wildman–Crippen LogP) is 4.33. The smallest absolute Gasteiger partial charge is 0.343 e. The maximum Gasteiger partial charge on any atom is 0.343 e. The first-order valence-corrected chi connectivity index (χ1v) is 10.8. The van der Waals surface area contributed by atoms with Crippen molar-refractivity contribution in [2.75, 3.05) is 0 Å². The average Bonchev–Trinajstić information content (AvgIpc) is 3.20. The van der Waals surface area contributed by atoms with Crippen LogP contribution in [-0.2, 0) is 19.3 Å². The van der Waals surface area contributed by atoms with E-state index in [-0.39, 0.29) is 58.5 Å². The van der Waals surface area contributed by atoms with Gasteiger partial charge < -0.3 is 24.5 Å². The van der Waals surface area contributed by atoms with Crippen LogP contribution in [0.15, 0.2) is 21.4 Å². The van der Waals surface area contributed by atoms with Crippen LogP contribution in [0.3, 0.4) is 0 Å². The molecule has 0 radical (unpaired) electrons. The van der Waals surface area contributed by atoms with Gasteiger partial charge in [-0.25, -0.2) is 4.79 Å². The number of benzene rings is 1. The van der Waals surface area contributed by atoms with Gasteiger partial charge in [-0.05, 0) is 25.8 Å². The van der Waals surface area contributed by atoms with Gasteiger partial charge in [-0.3, -0.25) is 4.79 Å². The molecule has 3 rings (SSSR count). The molecule has 0 bridgehead atoms. The summed E-state index contributed by atoms with van der Waals surface area (Å²) in [6.45, 7) is 12.7. The van der Waals surface area contributed by atoms with Crippen LogP contribution in [0.5, 0.6) is 23.0 Å². The summed E-state index contributed by atoms with van der Waals surface area (Å²) < 4.78 is 11.2. The molecule has 1 aromatic heterocycles. The van der Waals surface area contributed by atoms with Gasteiger partial charge in [-0.2, -0.15) is 0 Å². The van der Waals surface area contributed by atoms with E-state index in [0.717, 1.165) is 0 Å². The molecular formula is C25H30O7. The zero-order chi connectivity index (χ0) is 23.9. The maximum absolute atomic E-state index is 13.1. The normalized spacial score (nSPS) is 15.8. The molecule has 0 fully saturated rings. The predicted molar refractivity (Wildman–Crippen MR) is 120 cm³/mol. The third-order valence-corrected chi connectivity index (χ3v) is 6.30. The number of carbonyl (C=O) groups is 1. The van der Waals surface area contributed by atoms with E-state index in [1.165, 1.54) is 0 Å². The highest BCUT2D eigenvalue weighted by atomic mass is 16.5. The molecule has 172 valence electrons. The number of ketones is 1. The van der Waals surface area contributed by atoms with Gasteiger partial charge >= 0.3 is 5.63 Å². The number of aromatic hydroxyl groups is 3. The molecule has 0 spiro atoms. The standard InChI is InChI=1S/C25H30O7/c1-7-12(5)20(26)19-23(29)14(22(28)15-10-18(11(3)4)31-24(15)19)9-16-21(27)13(6)17(8-2)32-25(16)30/h12,18,27-29H,3,7-10H2,1-2,4-6H3. The molecule has 32 heavy (non-hydrogen) atoms. The molecule has 0 amide bonds. The molecule has 1 aromatic carbocycles. The zero-order valence-corrected chi connectivity index (χ0v) is 19.2. The highest BCUT2D eigenvalue weighted by Crippen LogP contribution is 2.49. The first-order chi connectivity index (χ1) is 15.0. The zero-order valence-electron chi connectivity index (χ0n) is 19.2. The monoisotopic (exact) mass is 442 g/mol. The Morgan fingerprint density at radius 1 is 1.16 bits per heavy atom. The van der Waals surface area contributed by atoms with Gasteiger partial charge in [-0.1, -0.05) is 27.4 Å². The summed E-state index contributed by atoms with van der Waals surface area (Å²) >= 11 is 0. The number of aryl methyl sites for hydroxylation is 1. The summed E-state index contributed by atoms with van der Waals surface area (Å²) in [7, 11) is 0. The number of fused-ring (bicyclic) bond motifs is 1. The van der Waals surface area contributed by atoms with Crippen LogP contribution < -0.4 is 10.4 Å². The van der Waals surface area contributed by atoms with E-state index in [0.29, 0.717) is 35.3 Å². The Labute approximate surface area is 187 Å². The van der Waals surface area contributed by atoms with Crippen molar-refractivity contribution >= 4 is 5.78 Å². The minimum atomic E-state index is -0.755. The molecule has 1 aliphatic rings. The van der Waals surface area contributed by atoms with Crippen molar-refractivity contribution in [3.05, 3.63) is 56.1 Å². The van der Waals surface area contributed by atoms with Gasteiger partial charge in [0.1, 0.15) is 40.4 Å². The third-order valence-electron chi connectivity index (χ3n) is 6.30. The lowest BCUT2D eigenvalue weighted by atomic mass is 9.89. The summed E-state index contributed by atoms with van der Waals surface area (Å²) in [5.41, 5.74) is 0.627. The van der Waals surface area contributed by atoms with Crippen molar-refractivity contribution in [2.45, 2.75) is 66.4 Å². The van der Waals surface area contributed by atoms with E-state index in [1.54, 1.807) is 27.7 Å². The lowest BCUT2D eigenvalue weighted by molar-refractivity contribution is 0.0919. The number of hydrogen-bond donors (Lipinski definition) is 3. The quantitative estimate of drug-likeness (QED) is 0.432. The lowest BCUT2D eigenvalue weighted by Crippen LogP contribution is -2.16. The fourth-order valence-electron chi connectivity index (χ4n) is 3.98. The SMILES string of the molecule is C=C(C)C1Cc2c(O)c(Cc3c(O)c(C)c(CC)oc3=O)c(O)c(C(=O)C(C)CC)c2O1. The fourth-order valence-corrected chi connectivity index (χ4v) is 3.98. The van der Waals surface area contributed by atoms with Crippen molar-refractivity contribution in [1.29, 1.82) is 0 Å². The van der Waals surface area contributed by atoms with Gasteiger partial charge in [-0.15, -0.1) is 0 Å². The topological polar surface area (TPSA) is 117 Å². The second-order valence-corrected chi connectivity index (χ2v) is 8.48. The number of Topliss-reactive ketones (excluding diaryl/α,β-unsaturated/α-hetero) is 1. The first-order valence-electron chi connectivity index (χ1n) is 10.8. The average molecular weight is 443 g/mol. The maximum atomic E-state index is 13.1. The van der Waals surface area contributed by atoms with Crippen molar-refractivity contribution in [3.63, 3.8) is 0 Å². The fraction of sp³-hybridized carbons (Fsp3) is 0.440. The van der Waals surface area contributed by atoms with Crippen molar-refractivity contribution < 1.29 is 29.3 Å². The third kappa shape index (κ3) is 3.76. The number of rotatable bonds is 7. The van der Waals surface area contributed by atoms with E-state index in [4.69, 9.17) is 9.15 Å². The Morgan fingerprint density at radius 3 is 2.38 bits per heavy atom. The van der Waals surface area contributed by atoms with Crippen LogP contribution in [0.4, 0.5) is 0 Å². The Balaban J connectivity index is 2.24. The summed E-state index contributed by atoms with van der Waals surface area (Å²) in [5, 5.41) is 32.7. The van der Waals surface area contributed by atoms with E-state index in [1.807, 2.05) is 6.92 Å².